The van der Waals surface area contributed by atoms with E-state index in [9.17, 15) is 13.2 Å². The smallest absolute Gasteiger partial charge is 0.323 e. The van der Waals surface area contributed by atoms with E-state index in [-0.39, 0.29) is 10.6 Å². The second-order valence-electron chi connectivity index (χ2n) is 6.06. The number of hydrogen-bond acceptors (Lipinski definition) is 4. The van der Waals surface area contributed by atoms with Gasteiger partial charge >= 0.3 is 6.03 Å². The summed E-state index contributed by atoms with van der Waals surface area (Å²) in [6.45, 7) is 1.01. The predicted molar refractivity (Wildman–Crippen MR) is 105 cm³/mol. The number of nitrogens with one attached hydrogen (secondary N) is 2. The zero-order valence-electron chi connectivity index (χ0n) is 14.7. The van der Waals surface area contributed by atoms with Crippen molar-refractivity contribution in [2.75, 3.05) is 30.8 Å². The van der Waals surface area contributed by atoms with Crippen molar-refractivity contribution in [1.29, 1.82) is 0 Å². The lowest BCUT2D eigenvalue weighted by atomic mass is 10.3. The standard InChI is InChI=1S/C18H20ClN3O4S/c1-26-17-8-7-15(27(24,25)22-9-2-3-10-22)12-16(17)21-18(23)20-14-6-4-5-13(19)11-14/h4-8,11-12H,2-3,9-10H2,1H3,(H2,20,21,23). The molecular formula is C18H20ClN3O4S. The molecule has 1 aliphatic heterocycles. The van der Waals surface area contributed by atoms with Crippen LogP contribution in [0.15, 0.2) is 47.4 Å². The first-order valence-corrected chi connectivity index (χ1v) is 10.2. The average Bonchev–Trinajstić information content (AvgIpc) is 3.17. The fraction of sp³-hybridized carbons (Fsp3) is 0.278. The van der Waals surface area contributed by atoms with Gasteiger partial charge in [-0.1, -0.05) is 17.7 Å². The molecule has 0 unspecified atom stereocenters. The predicted octanol–water partition coefficient (Wildman–Crippen LogP) is 3.78. The Morgan fingerprint density at radius 1 is 1.11 bits per heavy atom. The summed E-state index contributed by atoms with van der Waals surface area (Å²) in [5.74, 6) is 0.358. The zero-order chi connectivity index (χ0) is 19.4. The third-order valence-corrected chi connectivity index (χ3v) is 6.33. The molecule has 144 valence electrons. The largest absolute Gasteiger partial charge is 0.495 e. The number of sulfonamides is 1. The van der Waals surface area contributed by atoms with Gasteiger partial charge in [0.1, 0.15) is 5.75 Å². The van der Waals surface area contributed by atoms with Crippen molar-refractivity contribution >= 4 is 39.0 Å². The fourth-order valence-electron chi connectivity index (χ4n) is 2.87. The molecule has 2 aromatic rings. The van der Waals surface area contributed by atoms with Crippen LogP contribution in [-0.4, -0.2) is 39.0 Å². The van der Waals surface area contributed by atoms with Gasteiger partial charge in [0.2, 0.25) is 10.0 Å². The Labute approximate surface area is 163 Å². The van der Waals surface area contributed by atoms with Crippen LogP contribution in [0.4, 0.5) is 16.2 Å². The summed E-state index contributed by atoms with van der Waals surface area (Å²) < 4.78 is 32.2. The maximum absolute atomic E-state index is 12.7. The van der Waals surface area contributed by atoms with Gasteiger partial charge in [-0.25, -0.2) is 13.2 Å². The molecule has 0 aliphatic carbocycles. The molecule has 1 heterocycles. The second kappa shape index (κ2) is 8.16. The van der Waals surface area contributed by atoms with Crippen LogP contribution in [0.2, 0.25) is 5.02 Å². The Morgan fingerprint density at radius 2 is 1.85 bits per heavy atom. The quantitative estimate of drug-likeness (QED) is 0.786. The van der Waals surface area contributed by atoms with Crippen LogP contribution >= 0.6 is 11.6 Å². The molecule has 9 heteroatoms. The number of nitrogens with zero attached hydrogens (tertiary/aromatic N) is 1. The van der Waals surface area contributed by atoms with Gasteiger partial charge in [0, 0.05) is 23.8 Å². The van der Waals surface area contributed by atoms with Crippen molar-refractivity contribution in [3.05, 3.63) is 47.5 Å². The summed E-state index contributed by atoms with van der Waals surface area (Å²) in [5.41, 5.74) is 0.775. The molecule has 0 bridgehead atoms. The minimum absolute atomic E-state index is 0.114. The average molecular weight is 410 g/mol. The monoisotopic (exact) mass is 409 g/mol. The third-order valence-electron chi connectivity index (χ3n) is 4.20. The molecule has 0 atom stereocenters. The van der Waals surface area contributed by atoms with Crippen LogP contribution in [0.3, 0.4) is 0 Å². The van der Waals surface area contributed by atoms with Crippen molar-refractivity contribution in [3.8, 4) is 5.75 Å². The number of amides is 2. The molecule has 0 spiro atoms. The van der Waals surface area contributed by atoms with Gasteiger partial charge in [0.15, 0.2) is 0 Å². The molecule has 0 radical (unpaired) electrons. The van der Waals surface area contributed by atoms with E-state index in [1.807, 2.05) is 0 Å². The molecule has 1 fully saturated rings. The minimum Gasteiger partial charge on any atom is -0.495 e. The Bertz CT molecular complexity index is 943. The number of rotatable bonds is 5. The van der Waals surface area contributed by atoms with Gasteiger partial charge in [-0.2, -0.15) is 4.31 Å². The lowest BCUT2D eigenvalue weighted by molar-refractivity contribution is 0.262. The molecule has 7 nitrogen and oxygen atoms in total. The summed E-state index contributed by atoms with van der Waals surface area (Å²) in [6.07, 6.45) is 1.70. The number of ether oxygens (including phenoxy) is 1. The maximum Gasteiger partial charge on any atom is 0.323 e. The highest BCUT2D eigenvalue weighted by molar-refractivity contribution is 7.89. The summed E-state index contributed by atoms with van der Waals surface area (Å²) in [5, 5.41) is 5.77. The summed E-state index contributed by atoms with van der Waals surface area (Å²) in [7, 11) is -2.15. The van der Waals surface area contributed by atoms with E-state index in [0.717, 1.165) is 12.8 Å². The SMILES string of the molecule is COc1ccc(S(=O)(=O)N2CCCC2)cc1NC(=O)Nc1cccc(Cl)c1. The van der Waals surface area contributed by atoms with Crippen LogP contribution in [0.5, 0.6) is 5.75 Å². The first-order chi connectivity index (χ1) is 12.9. The molecule has 0 saturated carbocycles. The highest BCUT2D eigenvalue weighted by Crippen LogP contribution is 2.30. The third kappa shape index (κ3) is 4.52. The van der Waals surface area contributed by atoms with Crippen molar-refractivity contribution in [3.63, 3.8) is 0 Å². The van der Waals surface area contributed by atoms with Crippen LogP contribution < -0.4 is 15.4 Å². The van der Waals surface area contributed by atoms with Crippen LogP contribution in [0.25, 0.3) is 0 Å². The van der Waals surface area contributed by atoms with E-state index in [1.54, 1.807) is 24.3 Å². The number of methoxy groups -OCH3 is 1. The van der Waals surface area contributed by atoms with Gasteiger partial charge in [0.05, 0.1) is 17.7 Å². The summed E-state index contributed by atoms with van der Waals surface area (Å²) in [4.78, 5) is 12.4. The number of hydrogen-bond donors (Lipinski definition) is 2. The topological polar surface area (TPSA) is 87.7 Å². The first kappa shape index (κ1) is 19.5. The highest BCUT2D eigenvalue weighted by atomic mass is 35.5. The summed E-state index contributed by atoms with van der Waals surface area (Å²) in [6, 6.07) is 10.6. The van der Waals surface area contributed by atoms with E-state index in [1.165, 1.54) is 29.6 Å². The Morgan fingerprint density at radius 3 is 2.52 bits per heavy atom. The highest BCUT2D eigenvalue weighted by Gasteiger charge is 2.28. The molecule has 2 amide bonds. The number of urea groups is 1. The van der Waals surface area contributed by atoms with Gasteiger partial charge in [-0.15, -0.1) is 0 Å². The number of carbonyl (C=O) groups excluding carboxylic acids is 1. The molecule has 2 N–H and O–H groups in total. The normalized spacial score (nSPS) is 14.7. The van der Waals surface area contributed by atoms with E-state index in [2.05, 4.69) is 10.6 Å². The molecule has 27 heavy (non-hydrogen) atoms. The molecule has 2 aromatic carbocycles. The lowest BCUT2D eigenvalue weighted by Crippen LogP contribution is -2.28. The second-order valence-corrected chi connectivity index (χ2v) is 8.44. The van der Waals surface area contributed by atoms with Crippen molar-refractivity contribution in [1.82, 2.24) is 4.31 Å². The van der Waals surface area contributed by atoms with E-state index < -0.39 is 16.1 Å². The molecular weight excluding hydrogens is 390 g/mol. The van der Waals surface area contributed by atoms with Crippen LogP contribution in [-0.2, 0) is 10.0 Å². The van der Waals surface area contributed by atoms with Gasteiger partial charge < -0.3 is 15.4 Å². The number of benzene rings is 2. The first-order valence-electron chi connectivity index (χ1n) is 8.42. The fourth-order valence-corrected chi connectivity index (χ4v) is 4.61. The van der Waals surface area contributed by atoms with E-state index >= 15 is 0 Å². The van der Waals surface area contributed by atoms with Gasteiger partial charge in [-0.3, -0.25) is 0 Å². The number of anilines is 2. The molecule has 1 saturated heterocycles. The zero-order valence-corrected chi connectivity index (χ0v) is 16.3. The van der Waals surface area contributed by atoms with Crippen molar-refractivity contribution in [2.45, 2.75) is 17.7 Å². The molecule has 3 rings (SSSR count). The maximum atomic E-state index is 12.7. The molecule has 0 aromatic heterocycles. The minimum atomic E-state index is -3.60. The van der Waals surface area contributed by atoms with Crippen LogP contribution in [0.1, 0.15) is 12.8 Å². The summed E-state index contributed by atoms with van der Waals surface area (Å²) >= 11 is 5.91. The van der Waals surface area contributed by atoms with Gasteiger partial charge in [0.25, 0.3) is 0 Å². The van der Waals surface area contributed by atoms with E-state index in [0.29, 0.717) is 29.5 Å². The Kier molecular flexibility index (Phi) is 5.88. The van der Waals surface area contributed by atoms with Crippen molar-refractivity contribution < 1.29 is 17.9 Å². The van der Waals surface area contributed by atoms with E-state index in [4.69, 9.17) is 16.3 Å². The number of carbonyl (C=O) groups is 1. The van der Waals surface area contributed by atoms with Crippen molar-refractivity contribution in [2.24, 2.45) is 0 Å². The van der Waals surface area contributed by atoms with Gasteiger partial charge in [-0.05, 0) is 49.2 Å². The lowest BCUT2D eigenvalue weighted by Gasteiger charge is -2.17. The van der Waals surface area contributed by atoms with Crippen LogP contribution in [0, 0.1) is 0 Å². The Hall–Kier alpha value is -2.29. The Balaban J connectivity index is 1.82. The number of halogens is 1. The molecule has 1 aliphatic rings.